The van der Waals surface area contributed by atoms with Crippen molar-refractivity contribution < 1.29 is 13.2 Å². The Hall–Kier alpha value is -2.22. The summed E-state index contributed by atoms with van der Waals surface area (Å²) in [6, 6.07) is 12.2. The Balaban J connectivity index is 2.04. The Labute approximate surface area is 172 Å². The van der Waals surface area contributed by atoms with Crippen LogP contribution in [0.2, 0.25) is 5.02 Å². The molecule has 0 spiro atoms. The molecule has 0 radical (unpaired) electrons. The number of nitrogens with zero attached hydrogens (tertiary/aromatic N) is 2. The molecule has 0 N–H and O–H groups in total. The number of carbonyl (C=O) groups is 1. The fourth-order valence-electron chi connectivity index (χ4n) is 2.71. The maximum absolute atomic E-state index is 12.4. The molecule has 146 valence electrons. The van der Waals surface area contributed by atoms with Gasteiger partial charge in [0, 0.05) is 23.9 Å². The SMILES string of the molecule is CCCn1c(=NC(=O)C=Cc2ccccc2Cl)sc2cc(S(C)(=O)=O)ccc21. The quantitative estimate of drug-likeness (QED) is 0.562. The fraction of sp³-hybridized carbons (Fsp3) is 0.200. The minimum Gasteiger partial charge on any atom is -0.316 e. The predicted octanol–water partition coefficient (Wildman–Crippen LogP) is 4.31. The maximum atomic E-state index is 12.4. The molecular weight excluding hydrogens is 416 g/mol. The highest BCUT2D eigenvalue weighted by Crippen LogP contribution is 2.22. The van der Waals surface area contributed by atoms with Gasteiger partial charge in [0.1, 0.15) is 0 Å². The number of hydrogen-bond donors (Lipinski definition) is 0. The summed E-state index contributed by atoms with van der Waals surface area (Å²) < 4.78 is 26.4. The van der Waals surface area contributed by atoms with E-state index in [-0.39, 0.29) is 4.90 Å². The van der Waals surface area contributed by atoms with Crippen LogP contribution in [0.25, 0.3) is 16.3 Å². The van der Waals surface area contributed by atoms with E-state index < -0.39 is 15.7 Å². The third-order valence-electron chi connectivity index (χ3n) is 4.05. The molecule has 0 atom stereocenters. The van der Waals surface area contributed by atoms with Crippen LogP contribution in [-0.2, 0) is 21.2 Å². The summed E-state index contributed by atoms with van der Waals surface area (Å²) in [4.78, 5) is 17.4. The molecule has 8 heteroatoms. The fourth-order valence-corrected chi connectivity index (χ4v) is 4.73. The van der Waals surface area contributed by atoms with Crippen LogP contribution in [0.3, 0.4) is 0 Å². The first kappa shape index (κ1) is 20.5. The maximum Gasteiger partial charge on any atom is 0.272 e. The molecule has 1 amide bonds. The molecule has 0 saturated carbocycles. The van der Waals surface area contributed by atoms with Gasteiger partial charge in [-0.1, -0.05) is 48.1 Å². The molecular formula is C20H19ClN2O3S2. The number of rotatable bonds is 5. The van der Waals surface area contributed by atoms with E-state index >= 15 is 0 Å². The lowest BCUT2D eigenvalue weighted by Gasteiger charge is -2.03. The zero-order valence-corrected chi connectivity index (χ0v) is 17.8. The molecule has 2 aromatic carbocycles. The summed E-state index contributed by atoms with van der Waals surface area (Å²) >= 11 is 7.39. The molecule has 0 fully saturated rings. The topological polar surface area (TPSA) is 68.5 Å². The second-order valence-electron chi connectivity index (χ2n) is 6.24. The van der Waals surface area contributed by atoms with E-state index in [1.54, 1.807) is 30.3 Å². The van der Waals surface area contributed by atoms with Crippen LogP contribution in [-0.4, -0.2) is 25.1 Å². The second-order valence-corrected chi connectivity index (χ2v) is 9.67. The van der Waals surface area contributed by atoms with E-state index in [0.717, 1.165) is 22.2 Å². The Morgan fingerprint density at radius 3 is 2.68 bits per heavy atom. The summed E-state index contributed by atoms with van der Waals surface area (Å²) in [6.07, 6.45) is 5.05. The molecule has 0 saturated heterocycles. The van der Waals surface area contributed by atoms with Gasteiger partial charge in [0.15, 0.2) is 14.6 Å². The zero-order valence-electron chi connectivity index (χ0n) is 15.4. The average molecular weight is 435 g/mol. The second kappa shape index (κ2) is 8.43. The number of sulfone groups is 1. The number of thiazole rings is 1. The highest BCUT2D eigenvalue weighted by atomic mass is 35.5. The van der Waals surface area contributed by atoms with Gasteiger partial charge in [-0.3, -0.25) is 4.79 Å². The van der Waals surface area contributed by atoms with Crippen LogP contribution < -0.4 is 4.80 Å². The van der Waals surface area contributed by atoms with Gasteiger partial charge in [-0.05, 0) is 42.3 Å². The first-order valence-electron chi connectivity index (χ1n) is 8.64. The van der Waals surface area contributed by atoms with Crippen molar-refractivity contribution in [2.24, 2.45) is 4.99 Å². The smallest absolute Gasteiger partial charge is 0.272 e. The van der Waals surface area contributed by atoms with E-state index in [0.29, 0.717) is 16.4 Å². The third-order valence-corrected chi connectivity index (χ3v) is 6.54. The number of aromatic nitrogens is 1. The number of fused-ring (bicyclic) bond motifs is 1. The monoisotopic (exact) mass is 434 g/mol. The van der Waals surface area contributed by atoms with Crippen molar-refractivity contribution in [3.63, 3.8) is 0 Å². The highest BCUT2D eigenvalue weighted by molar-refractivity contribution is 7.90. The van der Waals surface area contributed by atoms with Gasteiger partial charge in [0.25, 0.3) is 5.91 Å². The lowest BCUT2D eigenvalue weighted by Crippen LogP contribution is -2.16. The summed E-state index contributed by atoms with van der Waals surface area (Å²) in [5, 5.41) is 0.558. The summed E-state index contributed by atoms with van der Waals surface area (Å²) in [7, 11) is -3.30. The van der Waals surface area contributed by atoms with Crippen molar-refractivity contribution in [1.29, 1.82) is 0 Å². The standard InChI is InChI=1S/C20H19ClN2O3S2/c1-3-12-23-17-10-9-15(28(2,25)26)13-18(17)27-20(23)22-19(24)11-8-14-6-4-5-7-16(14)21/h4-11,13H,3,12H2,1-2H3. The summed E-state index contributed by atoms with van der Waals surface area (Å²) in [5.41, 5.74) is 1.60. The van der Waals surface area contributed by atoms with Crippen molar-refractivity contribution in [3.8, 4) is 0 Å². The van der Waals surface area contributed by atoms with Crippen molar-refractivity contribution >= 4 is 55.0 Å². The minimum absolute atomic E-state index is 0.251. The van der Waals surface area contributed by atoms with Crippen LogP contribution in [0.15, 0.2) is 58.4 Å². The normalized spacial score (nSPS) is 12.9. The molecule has 3 aromatic rings. The predicted molar refractivity (Wildman–Crippen MR) is 114 cm³/mol. The number of aryl methyl sites for hydroxylation is 1. The number of hydrogen-bond acceptors (Lipinski definition) is 4. The highest BCUT2D eigenvalue weighted by Gasteiger charge is 2.12. The number of halogens is 1. The van der Waals surface area contributed by atoms with Crippen molar-refractivity contribution in [2.45, 2.75) is 24.8 Å². The molecule has 0 aliphatic rings. The molecule has 0 bridgehead atoms. The van der Waals surface area contributed by atoms with Gasteiger partial charge in [0.05, 0.1) is 15.1 Å². The number of carbonyl (C=O) groups excluding carboxylic acids is 1. The lowest BCUT2D eigenvalue weighted by molar-refractivity contribution is -0.113. The largest absolute Gasteiger partial charge is 0.316 e. The Morgan fingerprint density at radius 1 is 1.25 bits per heavy atom. The molecule has 0 aliphatic carbocycles. The van der Waals surface area contributed by atoms with Crippen LogP contribution in [0.4, 0.5) is 0 Å². The molecule has 0 aliphatic heterocycles. The van der Waals surface area contributed by atoms with E-state index in [4.69, 9.17) is 11.6 Å². The van der Waals surface area contributed by atoms with Gasteiger partial charge in [0.2, 0.25) is 0 Å². The van der Waals surface area contributed by atoms with Crippen LogP contribution in [0, 0.1) is 0 Å². The number of amides is 1. The molecule has 5 nitrogen and oxygen atoms in total. The van der Waals surface area contributed by atoms with Crippen molar-refractivity contribution in [3.05, 3.63) is 63.9 Å². The molecule has 28 heavy (non-hydrogen) atoms. The van der Waals surface area contributed by atoms with E-state index in [2.05, 4.69) is 4.99 Å². The zero-order chi connectivity index (χ0) is 20.3. The minimum atomic E-state index is -3.30. The van der Waals surface area contributed by atoms with Gasteiger partial charge >= 0.3 is 0 Å². The molecule has 3 rings (SSSR count). The van der Waals surface area contributed by atoms with Gasteiger partial charge in [-0.2, -0.15) is 4.99 Å². The number of benzene rings is 2. The van der Waals surface area contributed by atoms with Crippen molar-refractivity contribution in [2.75, 3.05) is 6.26 Å². The molecule has 1 aromatic heterocycles. The first-order chi connectivity index (χ1) is 13.3. The van der Waals surface area contributed by atoms with Crippen LogP contribution >= 0.6 is 22.9 Å². The van der Waals surface area contributed by atoms with E-state index in [9.17, 15) is 13.2 Å². The van der Waals surface area contributed by atoms with Crippen LogP contribution in [0.5, 0.6) is 0 Å². The van der Waals surface area contributed by atoms with Gasteiger partial charge < -0.3 is 4.57 Å². The molecule has 1 heterocycles. The summed E-state index contributed by atoms with van der Waals surface area (Å²) in [5.74, 6) is -0.403. The van der Waals surface area contributed by atoms with Gasteiger partial charge in [-0.25, -0.2) is 8.42 Å². The lowest BCUT2D eigenvalue weighted by atomic mass is 10.2. The Morgan fingerprint density at radius 2 is 2.00 bits per heavy atom. The molecule has 0 unspecified atom stereocenters. The Kier molecular flexibility index (Phi) is 6.17. The van der Waals surface area contributed by atoms with E-state index in [1.165, 1.54) is 23.7 Å². The van der Waals surface area contributed by atoms with Crippen molar-refractivity contribution in [1.82, 2.24) is 4.57 Å². The average Bonchev–Trinajstić information content (AvgIpc) is 2.97. The third kappa shape index (κ3) is 4.60. The first-order valence-corrected chi connectivity index (χ1v) is 11.7. The van der Waals surface area contributed by atoms with Crippen LogP contribution in [0.1, 0.15) is 18.9 Å². The van der Waals surface area contributed by atoms with E-state index in [1.807, 2.05) is 29.7 Å². The van der Waals surface area contributed by atoms with Gasteiger partial charge in [-0.15, -0.1) is 0 Å². The summed E-state index contributed by atoms with van der Waals surface area (Å²) in [6.45, 7) is 2.71. The Bertz CT molecular complexity index is 1240.